The Kier molecular flexibility index (Phi) is 4.78. The van der Waals surface area contributed by atoms with Gasteiger partial charge in [-0.25, -0.2) is 4.79 Å². The van der Waals surface area contributed by atoms with Crippen LogP contribution in [0, 0.1) is 0 Å². The number of hydrogen-bond donors (Lipinski definition) is 3. The van der Waals surface area contributed by atoms with Gasteiger partial charge in [-0.2, -0.15) is 0 Å². The minimum absolute atomic E-state index is 0.0641. The number of anilines is 1. The molecule has 2 fully saturated rings. The van der Waals surface area contributed by atoms with Gasteiger partial charge in [0.05, 0.1) is 7.11 Å². The molecule has 0 unspecified atom stereocenters. The number of nitrogens with zero attached hydrogens (tertiary/aromatic N) is 1. The van der Waals surface area contributed by atoms with Crippen molar-refractivity contribution in [1.29, 1.82) is 0 Å². The van der Waals surface area contributed by atoms with Gasteiger partial charge in [-0.05, 0) is 44.0 Å². The van der Waals surface area contributed by atoms with E-state index in [1.54, 1.807) is 43.2 Å². The zero-order chi connectivity index (χ0) is 18.0. The number of amides is 4. The Balaban J connectivity index is 1.56. The zero-order valence-corrected chi connectivity index (χ0v) is 14.2. The first-order valence-electron chi connectivity index (χ1n) is 8.30. The topological polar surface area (TPSA) is 99.8 Å². The van der Waals surface area contributed by atoms with E-state index in [1.165, 1.54) is 0 Å². The number of benzene rings is 1. The lowest BCUT2D eigenvalue weighted by Gasteiger charge is -2.43. The average molecular weight is 346 g/mol. The smallest absolute Gasteiger partial charge is 0.319 e. The monoisotopic (exact) mass is 346 g/mol. The molecule has 0 aromatic heterocycles. The predicted octanol–water partition coefficient (Wildman–Crippen LogP) is 0.695. The van der Waals surface area contributed by atoms with Gasteiger partial charge in [-0.15, -0.1) is 0 Å². The van der Waals surface area contributed by atoms with Crippen LogP contribution in [-0.2, 0) is 9.59 Å². The molecule has 25 heavy (non-hydrogen) atoms. The second-order valence-corrected chi connectivity index (χ2v) is 6.33. The van der Waals surface area contributed by atoms with E-state index in [1.807, 2.05) is 0 Å². The van der Waals surface area contributed by atoms with Gasteiger partial charge in [-0.3, -0.25) is 9.59 Å². The first kappa shape index (κ1) is 17.1. The molecule has 8 heteroatoms. The van der Waals surface area contributed by atoms with Crippen LogP contribution in [0.2, 0.25) is 0 Å². The van der Waals surface area contributed by atoms with Crippen molar-refractivity contribution in [3.05, 3.63) is 24.3 Å². The maximum Gasteiger partial charge on any atom is 0.319 e. The summed E-state index contributed by atoms with van der Waals surface area (Å²) in [5.41, 5.74) is 0.648. The highest BCUT2D eigenvalue weighted by Crippen LogP contribution is 2.22. The van der Waals surface area contributed by atoms with E-state index < -0.39 is 12.1 Å². The lowest BCUT2D eigenvalue weighted by molar-refractivity contribution is -0.151. The molecule has 4 amide bonds. The molecule has 0 saturated carbocycles. The Labute approximate surface area is 145 Å². The molecule has 3 rings (SSSR count). The van der Waals surface area contributed by atoms with E-state index in [0.717, 1.165) is 0 Å². The lowest BCUT2D eigenvalue weighted by atomic mass is 9.93. The quantitative estimate of drug-likeness (QED) is 0.750. The highest BCUT2D eigenvalue weighted by molar-refractivity contribution is 5.97. The summed E-state index contributed by atoms with van der Waals surface area (Å²) in [6, 6.07) is 5.52. The average Bonchev–Trinajstić information content (AvgIpc) is 2.60. The summed E-state index contributed by atoms with van der Waals surface area (Å²) in [5, 5.41) is 8.31. The molecule has 1 aromatic rings. The summed E-state index contributed by atoms with van der Waals surface area (Å²) in [6.45, 7) is 2.15. The number of carbonyl (C=O) groups excluding carboxylic acids is 3. The largest absolute Gasteiger partial charge is 0.497 e. The molecule has 0 bridgehead atoms. The molecule has 0 spiro atoms. The van der Waals surface area contributed by atoms with Gasteiger partial charge in [0.1, 0.15) is 17.8 Å². The number of urea groups is 1. The van der Waals surface area contributed by atoms with E-state index in [2.05, 4.69) is 16.0 Å². The number of methoxy groups -OCH3 is 1. The van der Waals surface area contributed by atoms with Crippen molar-refractivity contribution >= 4 is 23.5 Å². The van der Waals surface area contributed by atoms with Crippen LogP contribution in [0.5, 0.6) is 5.75 Å². The second-order valence-electron chi connectivity index (χ2n) is 6.33. The van der Waals surface area contributed by atoms with E-state index >= 15 is 0 Å². The fourth-order valence-electron chi connectivity index (χ4n) is 3.26. The van der Waals surface area contributed by atoms with Crippen molar-refractivity contribution in [3.8, 4) is 5.75 Å². The number of hydrogen-bond acceptors (Lipinski definition) is 4. The molecule has 2 saturated heterocycles. The third-order valence-electron chi connectivity index (χ3n) is 4.60. The molecule has 134 valence electrons. The summed E-state index contributed by atoms with van der Waals surface area (Å²) >= 11 is 0. The van der Waals surface area contributed by atoms with Crippen LogP contribution in [0.15, 0.2) is 24.3 Å². The van der Waals surface area contributed by atoms with E-state index in [-0.39, 0.29) is 23.9 Å². The Bertz CT molecular complexity index is 676. The maximum atomic E-state index is 12.2. The van der Waals surface area contributed by atoms with Crippen molar-refractivity contribution in [2.75, 3.05) is 19.0 Å². The second kappa shape index (κ2) is 7.00. The van der Waals surface area contributed by atoms with Crippen LogP contribution in [0.25, 0.3) is 0 Å². The van der Waals surface area contributed by atoms with Crippen molar-refractivity contribution in [2.45, 2.75) is 37.9 Å². The fraction of sp³-hybridized carbons (Fsp3) is 0.471. The van der Waals surface area contributed by atoms with Crippen LogP contribution in [0.3, 0.4) is 0 Å². The first-order chi connectivity index (χ1) is 12.0. The molecule has 8 nitrogen and oxygen atoms in total. The molecule has 3 atom stereocenters. The lowest BCUT2D eigenvalue weighted by Crippen LogP contribution is -2.66. The van der Waals surface area contributed by atoms with Crippen LogP contribution in [0.1, 0.15) is 19.8 Å². The summed E-state index contributed by atoms with van der Waals surface area (Å²) < 4.78 is 5.07. The van der Waals surface area contributed by atoms with E-state index in [0.29, 0.717) is 30.8 Å². The Hall–Kier alpha value is -2.77. The first-order valence-corrected chi connectivity index (χ1v) is 8.30. The SMILES string of the molecule is COc1ccc(NC(=O)N[C@H]2CCN3C(=O)[C@@H](C)NC(=O)[C@@H]3C2)cc1. The van der Waals surface area contributed by atoms with Gasteiger partial charge < -0.3 is 25.6 Å². The molecule has 2 aliphatic heterocycles. The molecular formula is C17H22N4O4. The third-order valence-corrected chi connectivity index (χ3v) is 4.60. The van der Waals surface area contributed by atoms with Crippen LogP contribution in [-0.4, -0.2) is 54.5 Å². The predicted molar refractivity (Wildman–Crippen MR) is 91.3 cm³/mol. The van der Waals surface area contributed by atoms with Gasteiger partial charge in [-0.1, -0.05) is 0 Å². The number of carbonyl (C=O) groups is 3. The summed E-state index contributed by atoms with van der Waals surface area (Å²) in [6.07, 6.45) is 1.04. The van der Waals surface area contributed by atoms with Gasteiger partial charge in [0, 0.05) is 18.3 Å². The Morgan fingerprint density at radius 3 is 2.68 bits per heavy atom. The van der Waals surface area contributed by atoms with Crippen LogP contribution >= 0.6 is 0 Å². The number of piperidine rings is 1. The number of ether oxygens (including phenoxy) is 1. The summed E-state index contributed by atoms with van der Waals surface area (Å²) in [5.74, 6) is 0.487. The van der Waals surface area contributed by atoms with Gasteiger partial charge in [0.15, 0.2) is 0 Å². The molecule has 2 heterocycles. The van der Waals surface area contributed by atoms with Crippen LogP contribution < -0.4 is 20.7 Å². The van der Waals surface area contributed by atoms with Gasteiger partial charge in [0.25, 0.3) is 0 Å². The molecule has 2 aliphatic rings. The van der Waals surface area contributed by atoms with Gasteiger partial charge >= 0.3 is 6.03 Å². The Morgan fingerprint density at radius 1 is 1.28 bits per heavy atom. The molecule has 1 aromatic carbocycles. The third kappa shape index (κ3) is 3.67. The molecular weight excluding hydrogens is 324 g/mol. The van der Waals surface area contributed by atoms with E-state index in [9.17, 15) is 14.4 Å². The minimum atomic E-state index is -0.510. The molecule has 3 N–H and O–H groups in total. The zero-order valence-electron chi connectivity index (χ0n) is 14.2. The van der Waals surface area contributed by atoms with Crippen molar-refractivity contribution < 1.29 is 19.1 Å². The van der Waals surface area contributed by atoms with E-state index in [4.69, 9.17) is 4.74 Å². The maximum absolute atomic E-state index is 12.2. The van der Waals surface area contributed by atoms with Crippen LogP contribution in [0.4, 0.5) is 10.5 Å². The van der Waals surface area contributed by atoms with Crippen molar-refractivity contribution in [3.63, 3.8) is 0 Å². The number of piperazine rings is 1. The minimum Gasteiger partial charge on any atom is -0.497 e. The summed E-state index contributed by atoms with van der Waals surface area (Å²) in [4.78, 5) is 38.0. The molecule has 0 aliphatic carbocycles. The number of fused-ring (bicyclic) bond motifs is 1. The highest BCUT2D eigenvalue weighted by Gasteiger charge is 2.42. The highest BCUT2D eigenvalue weighted by atomic mass is 16.5. The van der Waals surface area contributed by atoms with Crippen molar-refractivity contribution in [1.82, 2.24) is 15.5 Å². The standard InChI is InChI=1S/C17H22N4O4/c1-10-16(23)21-8-7-12(9-14(21)15(22)18-10)20-17(24)19-11-3-5-13(25-2)6-4-11/h3-6,10,12,14H,7-9H2,1-2H3,(H,18,22)(H2,19,20,24)/t10-,12+,14+/m1/s1. The van der Waals surface area contributed by atoms with Crippen molar-refractivity contribution in [2.24, 2.45) is 0 Å². The number of rotatable bonds is 3. The number of nitrogens with one attached hydrogen (secondary N) is 3. The summed E-state index contributed by atoms with van der Waals surface area (Å²) in [7, 11) is 1.58. The fourth-order valence-corrected chi connectivity index (χ4v) is 3.26. The Morgan fingerprint density at radius 2 is 2.00 bits per heavy atom. The van der Waals surface area contributed by atoms with Gasteiger partial charge in [0.2, 0.25) is 11.8 Å². The normalized spacial score (nSPS) is 25.7. The molecule has 0 radical (unpaired) electrons.